The Balaban J connectivity index is 1.65. The van der Waals surface area contributed by atoms with Crippen molar-refractivity contribution in [1.82, 2.24) is 15.6 Å². The van der Waals surface area contributed by atoms with Gasteiger partial charge < -0.3 is 15.4 Å². The van der Waals surface area contributed by atoms with Crippen LogP contribution < -0.4 is 15.4 Å². The minimum atomic E-state index is -0.0723. The Morgan fingerprint density at radius 3 is 3.08 bits per heavy atom. The van der Waals surface area contributed by atoms with E-state index in [1.165, 1.54) is 18.4 Å². The summed E-state index contributed by atoms with van der Waals surface area (Å²) in [7, 11) is 0. The lowest BCUT2D eigenvalue weighted by Crippen LogP contribution is -2.28. The molecule has 1 saturated heterocycles. The van der Waals surface area contributed by atoms with E-state index in [-0.39, 0.29) is 5.91 Å². The number of hydrogen-bond acceptors (Lipinski definition) is 4. The van der Waals surface area contributed by atoms with Crippen LogP contribution in [0.1, 0.15) is 47.2 Å². The molecule has 0 unspecified atom stereocenters. The largest absolute Gasteiger partial charge is 0.478 e. The molecule has 0 spiro atoms. The van der Waals surface area contributed by atoms with Crippen molar-refractivity contribution in [2.45, 2.75) is 32.2 Å². The fourth-order valence-corrected chi connectivity index (χ4v) is 3.17. The van der Waals surface area contributed by atoms with Gasteiger partial charge in [-0.2, -0.15) is 0 Å². The van der Waals surface area contributed by atoms with E-state index in [9.17, 15) is 4.79 Å². The van der Waals surface area contributed by atoms with Crippen molar-refractivity contribution in [1.29, 1.82) is 0 Å². The maximum atomic E-state index is 12.5. The van der Waals surface area contributed by atoms with Crippen LogP contribution in [0.5, 0.6) is 5.88 Å². The summed E-state index contributed by atoms with van der Waals surface area (Å²) in [6, 6.07) is 11.7. The van der Waals surface area contributed by atoms with Gasteiger partial charge in [0, 0.05) is 30.4 Å². The number of rotatable bonds is 6. The maximum Gasteiger partial charge on any atom is 0.251 e. The monoisotopic (exact) mass is 339 g/mol. The van der Waals surface area contributed by atoms with Crippen LogP contribution in [-0.4, -0.2) is 30.6 Å². The number of nitrogens with one attached hydrogen (secondary N) is 2. The number of piperidine rings is 1. The number of benzene rings is 1. The number of pyridine rings is 1. The molecule has 0 aliphatic carbocycles. The van der Waals surface area contributed by atoms with Gasteiger partial charge in [-0.1, -0.05) is 18.2 Å². The molecule has 5 nitrogen and oxygen atoms in total. The second-order valence-corrected chi connectivity index (χ2v) is 6.25. The van der Waals surface area contributed by atoms with E-state index in [0.717, 1.165) is 18.7 Å². The maximum absolute atomic E-state index is 12.5. The second kappa shape index (κ2) is 8.62. The van der Waals surface area contributed by atoms with Crippen LogP contribution in [0, 0.1) is 0 Å². The van der Waals surface area contributed by atoms with E-state index < -0.39 is 0 Å². The summed E-state index contributed by atoms with van der Waals surface area (Å²) in [6.45, 7) is 4.94. The molecule has 1 aromatic heterocycles. The van der Waals surface area contributed by atoms with Crippen LogP contribution in [0.4, 0.5) is 0 Å². The first-order valence-electron chi connectivity index (χ1n) is 8.93. The first-order valence-corrected chi connectivity index (χ1v) is 8.93. The molecule has 25 heavy (non-hydrogen) atoms. The van der Waals surface area contributed by atoms with Gasteiger partial charge in [0.05, 0.1) is 6.61 Å². The molecule has 5 heteroatoms. The van der Waals surface area contributed by atoms with Crippen molar-refractivity contribution in [2.75, 3.05) is 19.7 Å². The molecule has 3 rings (SSSR count). The second-order valence-electron chi connectivity index (χ2n) is 6.25. The number of aromatic nitrogens is 1. The molecular formula is C20H25N3O2. The predicted molar refractivity (Wildman–Crippen MR) is 97.9 cm³/mol. The van der Waals surface area contributed by atoms with Gasteiger partial charge in [0.2, 0.25) is 5.88 Å². The highest BCUT2D eigenvalue weighted by Crippen LogP contribution is 2.24. The molecule has 1 aliphatic rings. The van der Waals surface area contributed by atoms with Crippen molar-refractivity contribution in [2.24, 2.45) is 0 Å². The molecule has 0 bridgehead atoms. The van der Waals surface area contributed by atoms with E-state index in [4.69, 9.17) is 4.74 Å². The number of carbonyl (C=O) groups excluding carboxylic acids is 1. The lowest BCUT2D eigenvalue weighted by molar-refractivity contribution is 0.0950. The molecule has 1 aliphatic heterocycles. The average Bonchev–Trinajstić information content (AvgIpc) is 2.68. The Labute approximate surface area is 148 Å². The van der Waals surface area contributed by atoms with E-state index in [1.54, 1.807) is 6.20 Å². The van der Waals surface area contributed by atoms with Crippen LogP contribution in [-0.2, 0) is 6.54 Å². The Morgan fingerprint density at radius 2 is 2.28 bits per heavy atom. The highest BCUT2D eigenvalue weighted by Gasteiger charge is 2.16. The lowest BCUT2D eigenvalue weighted by Gasteiger charge is -2.23. The third-order valence-corrected chi connectivity index (χ3v) is 4.49. The minimum Gasteiger partial charge on any atom is -0.478 e. The lowest BCUT2D eigenvalue weighted by atomic mass is 9.90. The number of hydrogen-bond donors (Lipinski definition) is 2. The van der Waals surface area contributed by atoms with Gasteiger partial charge in [0.15, 0.2) is 0 Å². The molecule has 1 atom stereocenters. The minimum absolute atomic E-state index is 0.0723. The Kier molecular flexibility index (Phi) is 6.01. The first kappa shape index (κ1) is 17.4. The van der Waals surface area contributed by atoms with Crippen molar-refractivity contribution >= 4 is 5.91 Å². The van der Waals surface area contributed by atoms with E-state index in [1.807, 2.05) is 37.3 Å². The molecule has 132 valence electrons. The van der Waals surface area contributed by atoms with E-state index in [2.05, 4.69) is 21.7 Å². The third-order valence-electron chi connectivity index (χ3n) is 4.49. The molecule has 0 saturated carbocycles. The van der Waals surface area contributed by atoms with Crippen molar-refractivity contribution in [3.63, 3.8) is 0 Å². The zero-order valence-electron chi connectivity index (χ0n) is 14.6. The molecule has 1 amide bonds. The topological polar surface area (TPSA) is 63.2 Å². The number of nitrogens with zero attached hydrogens (tertiary/aromatic N) is 1. The fourth-order valence-electron chi connectivity index (χ4n) is 3.17. The zero-order valence-corrected chi connectivity index (χ0v) is 14.6. The summed E-state index contributed by atoms with van der Waals surface area (Å²) in [6.07, 6.45) is 4.05. The van der Waals surface area contributed by atoms with Gasteiger partial charge in [-0.3, -0.25) is 4.79 Å². The third kappa shape index (κ3) is 4.57. The standard InChI is InChI=1S/C20H25N3O2/c1-2-25-20-18(9-5-11-22-20)14-23-19(24)16-7-3-6-15(12-16)17-8-4-10-21-13-17/h3,5-7,9,11-12,17,21H,2,4,8,10,13-14H2,1H3,(H,23,24)/t17-/m1/s1. The van der Waals surface area contributed by atoms with Gasteiger partial charge in [-0.05, 0) is 56.0 Å². The number of amides is 1. The fraction of sp³-hybridized carbons (Fsp3) is 0.400. The Hall–Kier alpha value is -2.40. The summed E-state index contributed by atoms with van der Waals surface area (Å²) < 4.78 is 5.50. The summed E-state index contributed by atoms with van der Waals surface area (Å²) in [5, 5.41) is 6.40. The molecule has 2 heterocycles. The molecule has 2 aromatic rings. The highest BCUT2D eigenvalue weighted by atomic mass is 16.5. The smallest absolute Gasteiger partial charge is 0.251 e. The SMILES string of the molecule is CCOc1ncccc1CNC(=O)c1cccc([C@@H]2CCCNC2)c1. The normalized spacial score (nSPS) is 17.1. The van der Waals surface area contributed by atoms with E-state index >= 15 is 0 Å². The molecule has 1 aromatic carbocycles. The van der Waals surface area contributed by atoms with Crippen molar-refractivity contribution in [3.8, 4) is 5.88 Å². The van der Waals surface area contributed by atoms with E-state index in [0.29, 0.717) is 30.5 Å². The van der Waals surface area contributed by atoms with Crippen LogP contribution in [0.15, 0.2) is 42.6 Å². The first-order chi connectivity index (χ1) is 12.3. The summed E-state index contributed by atoms with van der Waals surface area (Å²) in [5.74, 6) is 0.994. The Morgan fingerprint density at radius 1 is 1.36 bits per heavy atom. The zero-order chi connectivity index (χ0) is 17.5. The molecular weight excluding hydrogens is 314 g/mol. The van der Waals surface area contributed by atoms with Crippen LogP contribution in [0.25, 0.3) is 0 Å². The summed E-state index contributed by atoms with van der Waals surface area (Å²) >= 11 is 0. The van der Waals surface area contributed by atoms with Gasteiger partial charge >= 0.3 is 0 Å². The van der Waals surface area contributed by atoms with Crippen molar-refractivity contribution < 1.29 is 9.53 Å². The average molecular weight is 339 g/mol. The van der Waals surface area contributed by atoms with Gasteiger partial charge in [0.25, 0.3) is 5.91 Å². The number of ether oxygens (including phenoxy) is 1. The van der Waals surface area contributed by atoms with Gasteiger partial charge in [-0.25, -0.2) is 4.98 Å². The quantitative estimate of drug-likeness (QED) is 0.849. The molecule has 1 fully saturated rings. The van der Waals surface area contributed by atoms with Crippen LogP contribution in [0.3, 0.4) is 0 Å². The van der Waals surface area contributed by atoms with Crippen molar-refractivity contribution in [3.05, 3.63) is 59.3 Å². The van der Waals surface area contributed by atoms with Gasteiger partial charge in [0.1, 0.15) is 0 Å². The molecule has 0 radical (unpaired) electrons. The van der Waals surface area contributed by atoms with Crippen LogP contribution >= 0.6 is 0 Å². The highest BCUT2D eigenvalue weighted by molar-refractivity contribution is 5.94. The summed E-state index contributed by atoms with van der Waals surface area (Å²) in [5.41, 5.74) is 2.81. The van der Waals surface area contributed by atoms with Gasteiger partial charge in [-0.15, -0.1) is 0 Å². The predicted octanol–water partition coefficient (Wildman–Crippen LogP) is 2.88. The molecule has 2 N–H and O–H groups in total. The van der Waals surface area contributed by atoms with Crippen LogP contribution in [0.2, 0.25) is 0 Å². The summed E-state index contributed by atoms with van der Waals surface area (Å²) in [4.78, 5) is 16.7. The Bertz CT molecular complexity index is 712. The number of carbonyl (C=O) groups is 1.